The Balaban J connectivity index is 1.70. The van der Waals surface area contributed by atoms with Gasteiger partial charge in [0.05, 0.1) is 23.0 Å². The van der Waals surface area contributed by atoms with E-state index in [9.17, 15) is 9.59 Å². The van der Waals surface area contributed by atoms with Crippen molar-refractivity contribution < 1.29 is 19.4 Å². The fraction of sp³-hybridized carbons (Fsp3) is 0.278. The molecule has 0 aliphatic carbocycles. The van der Waals surface area contributed by atoms with Crippen LogP contribution in [0.2, 0.25) is 0 Å². The molecule has 27 heavy (non-hydrogen) atoms. The Morgan fingerprint density at radius 1 is 1.33 bits per heavy atom. The van der Waals surface area contributed by atoms with Gasteiger partial charge >= 0.3 is 5.97 Å². The van der Waals surface area contributed by atoms with Crippen LogP contribution in [0.4, 0.5) is 0 Å². The molecular weight excluding hydrogens is 386 g/mol. The van der Waals surface area contributed by atoms with Crippen molar-refractivity contribution in [2.45, 2.75) is 25.7 Å². The molecule has 9 heteroatoms. The molecule has 0 unspecified atom stereocenters. The third-order valence-corrected chi connectivity index (χ3v) is 5.91. The molecule has 1 aromatic heterocycles. The van der Waals surface area contributed by atoms with E-state index in [4.69, 9.17) is 15.3 Å². The van der Waals surface area contributed by atoms with Crippen LogP contribution >= 0.6 is 23.1 Å². The molecule has 0 saturated carbocycles. The Morgan fingerprint density at radius 3 is 2.70 bits per heavy atom. The van der Waals surface area contributed by atoms with Crippen LogP contribution < -0.4 is 4.74 Å². The molecule has 1 fully saturated rings. The Morgan fingerprint density at radius 2 is 2.07 bits per heavy atom. The van der Waals surface area contributed by atoms with Crippen molar-refractivity contribution in [1.29, 1.82) is 5.41 Å². The molecule has 0 bridgehead atoms. The van der Waals surface area contributed by atoms with Crippen molar-refractivity contribution in [2.24, 2.45) is 0 Å². The van der Waals surface area contributed by atoms with Gasteiger partial charge < -0.3 is 9.84 Å². The number of ether oxygens (including phenoxy) is 1. The van der Waals surface area contributed by atoms with E-state index in [1.807, 2.05) is 6.92 Å². The summed E-state index contributed by atoms with van der Waals surface area (Å²) >= 11 is 2.52. The highest BCUT2D eigenvalue weighted by molar-refractivity contribution is 8.19. The first-order valence-corrected chi connectivity index (χ1v) is 9.90. The number of Topliss-reactive ketones (excluding diaryl/α,β-unsaturated/α-hetero) is 1. The van der Waals surface area contributed by atoms with E-state index in [1.165, 1.54) is 11.3 Å². The monoisotopic (exact) mass is 403 g/mol. The van der Waals surface area contributed by atoms with Crippen LogP contribution in [0.3, 0.4) is 0 Å². The number of thioether (sulfide) groups is 1. The Labute approximate surface area is 164 Å². The van der Waals surface area contributed by atoms with Gasteiger partial charge in [0.15, 0.2) is 5.78 Å². The highest BCUT2D eigenvalue weighted by Gasteiger charge is 2.39. The number of carbonyl (C=O) groups excluding carboxylic acids is 1. The van der Waals surface area contributed by atoms with Crippen LogP contribution in [0.25, 0.3) is 6.08 Å². The SMILES string of the molecule is CCc1nnc([C@H]2C(=N)S/C(=C\c3ccc(OCCC(=O)O)cc3)C2=O)s1. The predicted octanol–water partition coefficient (Wildman–Crippen LogP) is 3.37. The van der Waals surface area contributed by atoms with E-state index >= 15 is 0 Å². The van der Waals surface area contributed by atoms with Crippen LogP contribution in [-0.4, -0.2) is 38.7 Å². The third kappa shape index (κ3) is 4.61. The summed E-state index contributed by atoms with van der Waals surface area (Å²) in [4.78, 5) is 23.7. The Hall–Kier alpha value is -2.52. The minimum atomic E-state index is -0.911. The van der Waals surface area contributed by atoms with E-state index in [1.54, 1.807) is 30.3 Å². The van der Waals surface area contributed by atoms with Gasteiger partial charge in [0.2, 0.25) is 0 Å². The number of hydrogen-bond acceptors (Lipinski definition) is 8. The number of carboxylic acids is 1. The fourth-order valence-electron chi connectivity index (χ4n) is 2.41. The van der Waals surface area contributed by atoms with Crippen molar-refractivity contribution in [2.75, 3.05) is 6.61 Å². The van der Waals surface area contributed by atoms with Crippen LogP contribution in [0.15, 0.2) is 29.2 Å². The van der Waals surface area contributed by atoms with Gasteiger partial charge in [-0.3, -0.25) is 15.0 Å². The Bertz CT molecular complexity index is 906. The van der Waals surface area contributed by atoms with E-state index in [2.05, 4.69) is 10.2 Å². The zero-order valence-electron chi connectivity index (χ0n) is 14.5. The number of benzene rings is 1. The average Bonchev–Trinajstić information content (AvgIpc) is 3.20. The second kappa shape index (κ2) is 8.45. The molecule has 0 radical (unpaired) electrons. The van der Waals surface area contributed by atoms with Gasteiger partial charge in [-0.25, -0.2) is 0 Å². The smallest absolute Gasteiger partial charge is 0.306 e. The van der Waals surface area contributed by atoms with E-state index in [0.29, 0.717) is 15.7 Å². The molecular formula is C18H17N3O4S2. The maximum Gasteiger partial charge on any atom is 0.306 e. The third-order valence-electron chi connectivity index (χ3n) is 3.78. The molecule has 1 aliphatic rings. The molecule has 1 atom stereocenters. The van der Waals surface area contributed by atoms with Gasteiger partial charge in [-0.05, 0) is 30.2 Å². The number of nitrogens with one attached hydrogen (secondary N) is 1. The van der Waals surface area contributed by atoms with Crippen molar-refractivity contribution in [3.63, 3.8) is 0 Å². The number of rotatable bonds is 7. The average molecular weight is 403 g/mol. The molecule has 140 valence electrons. The highest BCUT2D eigenvalue weighted by atomic mass is 32.2. The highest BCUT2D eigenvalue weighted by Crippen LogP contribution is 2.41. The fourth-order valence-corrected chi connectivity index (χ4v) is 4.36. The van der Waals surface area contributed by atoms with Gasteiger partial charge in [0.1, 0.15) is 21.7 Å². The summed E-state index contributed by atoms with van der Waals surface area (Å²) in [5.74, 6) is -1.13. The predicted molar refractivity (Wildman–Crippen MR) is 105 cm³/mol. The quantitative estimate of drug-likeness (QED) is 0.681. The number of hydrogen-bond donors (Lipinski definition) is 2. The van der Waals surface area contributed by atoms with Crippen molar-refractivity contribution in [1.82, 2.24) is 10.2 Å². The summed E-state index contributed by atoms with van der Waals surface area (Å²) in [6.45, 7) is 2.08. The number of ketones is 1. The van der Waals surface area contributed by atoms with Crippen molar-refractivity contribution in [3.8, 4) is 5.75 Å². The topological polar surface area (TPSA) is 113 Å². The van der Waals surface area contributed by atoms with Crippen LogP contribution in [-0.2, 0) is 16.0 Å². The minimum Gasteiger partial charge on any atom is -0.493 e. The van der Waals surface area contributed by atoms with E-state index in [0.717, 1.165) is 28.8 Å². The van der Waals surface area contributed by atoms with Gasteiger partial charge in [0.25, 0.3) is 0 Å². The van der Waals surface area contributed by atoms with Gasteiger partial charge in [-0.15, -0.1) is 21.5 Å². The largest absolute Gasteiger partial charge is 0.493 e. The minimum absolute atomic E-state index is 0.0637. The molecule has 1 saturated heterocycles. The first kappa shape index (κ1) is 19.2. The van der Waals surface area contributed by atoms with Crippen LogP contribution in [0.5, 0.6) is 5.75 Å². The Kier molecular flexibility index (Phi) is 6.02. The first-order valence-electron chi connectivity index (χ1n) is 8.27. The molecule has 7 nitrogen and oxygen atoms in total. The normalized spacial score (nSPS) is 18.3. The number of carboxylic acid groups (broad SMARTS) is 1. The molecule has 1 aliphatic heterocycles. The summed E-state index contributed by atoms with van der Waals surface area (Å²) in [5, 5.41) is 26.6. The molecule has 2 heterocycles. The summed E-state index contributed by atoms with van der Waals surface area (Å²) < 4.78 is 5.35. The zero-order chi connectivity index (χ0) is 19.4. The van der Waals surface area contributed by atoms with Crippen LogP contribution in [0, 0.1) is 5.41 Å². The summed E-state index contributed by atoms with van der Waals surface area (Å²) in [7, 11) is 0. The zero-order valence-corrected chi connectivity index (χ0v) is 16.1. The number of allylic oxidation sites excluding steroid dienone is 1. The summed E-state index contributed by atoms with van der Waals surface area (Å²) in [5.41, 5.74) is 0.802. The number of aliphatic carboxylic acids is 1. The molecule has 3 rings (SSSR count). The number of carbonyl (C=O) groups is 2. The van der Waals surface area contributed by atoms with Gasteiger partial charge in [-0.2, -0.15) is 0 Å². The molecule has 0 amide bonds. The first-order chi connectivity index (χ1) is 13.0. The summed E-state index contributed by atoms with van der Waals surface area (Å²) in [6.07, 6.45) is 2.43. The van der Waals surface area contributed by atoms with Crippen LogP contribution in [0.1, 0.15) is 34.8 Å². The molecule has 0 spiro atoms. The second-order valence-electron chi connectivity index (χ2n) is 5.72. The lowest BCUT2D eigenvalue weighted by atomic mass is 10.1. The number of nitrogens with zero attached hydrogens (tertiary/aromatic N) is 2. The van der Waals surface area contributed by atoms with Crippen molar-refractivity contribution >= 4 is 46.0 Å². The maximum atomic E-state index is 12.7. The number of aryl methyl sites for hydroxylation is 1. The van der Waals surface area contributed by atoms with Gasteiger partial charge in [0, 0.05) is 0 Å². The van der Waals surface area contributed by atoms with E-state index in [-0.39, 0.29) is 23.9 Å². The second-order valence-corrected chi connectivity index (χ2v) is 7.90. The van der Waals surface area contributed by atoms with Crippen molar-refractivity contribution in [3.05, 3.63) is 44.7 Å². The maximum absolute atomic E-state index is 12.7. The standard InChI is InChI=1S/C18H17N3O4S2/c1-2-13-20-21-18(27-13)15-16(24)12(26-17(15)19)9-10-3-5-11(6-4-10)25-8-7-14(22)23/h3-6,9,15,19H,2,7-8H2,1H3,(H,22,23)/b12-9-,19-17?/t15-/m1/s1. The molecule has 1 aromatic carbocycles. The lowest BCUT2D eigenvalue weighted by Gasteiger charge is -2.04. The lowest BCUT2D eigenvalue weighted by molar-refractivity contribution is -0.137. The van der Waals surface area contributed by atoms with Gasteiger partial charge in [-0.1, -0.05) is 30.8 Å². The number of aromatic nitrogens is 2. The lowest BCUT2D eigenvalue weighted by Crippen LogP contribution is -2.11. The van der Waals surface area contributed by atoms with E-state index < -0.39 is 11.9 Å². The summed E-state index contributed by atoms with van der Waals surface area (Å²) in [6, 6.07) is 7.01. The molecule has 2 N–H and O–H groups in total. The molecule has 2 aromatic rings.